The van der Waals surface area contributed by atoms with Gasteiger partial charge >= 0.3 is 17.9 Å². The Morgan fingerprint density at radius 3 is 2.69 bits per heavy atom. The molecule has 0 aliphatic rings. The van der Waals surface area contributed by atoms with Crippen LogP contribution < -0.4 is 21.3 Å². The number of hydrazine groups is 1. The van der Waals surface area contributed by atoms with E-state index in [1.807, 2.05) is 0 Å². The maximum atomic E-state index is 10.4. The number of hydrogen-bond donors (Lipinski definition) is 4. The van der Waals surface area contributed by atoms with Gasteiger partial charge in [0, 0.05) is 6.20 Å². The highest BCUT2D eigenvalue weighted by molar-refractivity contribution is 5.72. The van der Waals surface area contributed by atoms with Gasteiger partial charge in [-0.2, -0.15) is 0 Å². The monoisotopic (exact) mass is 222 g/mol. The molecular formula is C6H8N9O+. The van der Waals surface area contributed by atoms with Crippen LogP contribution in [0.1, 0.15) is 0 Å². The van der Waals surface area contributed by atoms with Crippen LogP contribution in [-0.4, -0.2) is 31.5 Å². The summed E-state index contributed by atoms with van der Waals surface area (Å²) in [5.41, 5.74) is 9.24. The zero-order valence-corrected chi connectivity index (χ0v) is 7.95. The number of amides is 2. The van der Waals surface area contributed by atoms with Gasteiger partial charge in [0.1, 0.15) is 0 Å². The number of nitrogens with two attached hydrogens (primary N) is 1. The van der Waals surface area contributed by atoms with Crippen molar-refractivity contribution in [3.63, 3.8) is 0 Å². The third-order valence-electron chi connectivity index (χ3n) is 1.53. The second kappa shape index (κ2) is 4.16. The second-order valence-corrected chi connectivity index (χ2v) is 2.65. The van der Waals surface area contributed by atoms with Gasteiger partial charge in [-0.15, -0.1) is 4.68 Å². The van der Waals surface area contributed by atoms with Crippen molar-refractivity contribution in [1.82, 2.24) is 30.9 Å². The number of H-pyrrole nitrogens is 1. The predicted molar refractivity (Wildman–Crippen MR) is 49.8 cm³/mol. The van der Waals surface area contributed by atoms with E-state index in [0.29, 0.717) is 0 Å². The lowest BCUT2D eigenvalue weighted by molar-refractivity contribution is -0.663. The minimum atomic E-state index is -0.758. The van der Waals surface area contributed by atoms with E-state index in [2.05, 4.69) is 36.3 Å². The first-order chi connectivity index (χ1) is 7.75. The Morgan fingerprint density at radius 2 is 2.12 bits per heavy atom. The number of nitrogens with one attached hydrogen (secondary N) is 3. The van der Waals surface area contributed by atoms with Gasteiger partial charge in [0.25, 0.3) is 0 Å². The Labute approximate surface area is 88.8 Å². The van der Waals surface area contributed by atoms with E-state index in [9.17, 15) is 4.79 Å². The first-order valence-electron chi connectivity index (χ1n) is 4.20. The molecule has 0 unspecified atom stereocenters. The van der Waals surface area contributed by atoms with Crippen LogP contribution in [0.4, 0.5) is 10.7 Å². The van der Waals surface area contributed by atoms with Crippen molar-refractivity contribution in [1.29, 1.82) is 0 Å². The minimum absolute atomic E-state index is 0.0368. The largest absolute Gasteiger partial charge is 0.500 e. The van der Waals surface area contributed by atoms with Crippen LogP contribution in [0, 0.1) is 0 Å². The van der Waals surface area contributed by atoms with E-state index in [-0.39, 0.29) is 11.9 Å². The van der Waals surface area contributed by atoms with E-state index in [1.165, 1.54) is 4.68 Å². The fourth-order valence-electron chi connectivity index (χ4n) is 0.908. The molecule has 0 aliphatic carbocycles. The molecule has 2 aromatic heterocycles. The number of carbonyl (C=O) groups is 1. The van der Waals surface area contributed by atoms with Crippen molar-refractivity contribution in [3.8, 4) is 5.95 Å². The molecule has 0 aromatic carbocycles. The van der Waals surface area contributed by atoms with E-state index in [0.717, 1.165) is 0 Å². The van der Waals surface area contributed by atoms with Gasteiger partial charge in [0.15, 0.2) is 0 Å². The molecule has 10 heteroatoms. The summed E-state index contributed by atoms with van der Waals surface area (Å²) in [4.78, 5) is 10.4. The van der Waals surface area contributed by atoms with Crippen LogP contribution in [0.5, 0.6) is 0 Å². The van der Waals surface area contributed by atoms with Crippen molar-refractivity contribution in [3.05, 3.63) is 18.5 Å². The third kappa shape index (κ3) is 2.17. The van der Waals surface area contributed by atoms with Gasteiger partial charge < -0.3 is 5.73 Å². The number of aromatic amines is 1. The molecular weight excluding hydrogens is 214 g/mol. The van der Waals surface area contributed by atoms with Gasteiger partial charge in [0.05, 0.1) is 16.4 Å². The van der Waals surface area contributed by atoms with Gasteiger partial charge in [-0.05, 0) is 16.3 Å². The molecule has 0 aliphatic heterocycles. The molecule has 16 heavy (non-hydrogen) atoms. The second-order valence-electron chi connectivity index (χ2n) is 2.65. The zero-order chi connectivity index (χ0) is 11.4. The summed E-state index contributed by atoms with van der Waals surface area (Å²) >= 11 is 0. The summed E-state index contributed by atoms with van der Waals surface area (Å²) in [5, 5.41) is 17.7. The molecule has 2 heterocycles. The molecule has 82 valence electrons. The highest BCUT2D eigenvalue weighted by Gasteiger charge is 2.13. The van der Waals surface area contributed by atoms with Crippen LogP contribution in [-0.2, 0) is 0 Å². The van der Waals surface area contributed by atoms with Crippen molar-refractivity contribution in [2.24, 2.45) is 5.73 Å². The number of urea groups is 1. The molecule has 2 aromatic rings. The van der Waals surface area contributed by atoms with Gasteiger partial charge in [0.2, 0.25) is 0 Å². The van der Waals surface area contributed by atoms with E-state index < -0.39 is 6.03 Å². The fourth-order valence-corrected chi connectivity index (χ4v) is 0.908. The summed E-state index contributed by atoms with van der Waals surface area (Å²) in [5.74, 6) is 0.310. The molecule has 0 saturated carbocycles. The molecule has 0 fully saturated rings. The molecule has 10 nitrogen and oxygen atoms in total. The number of carbonyl (C=O) groups excluding carboxylic acids is 1. The maximum absolute atomic E-state index is 10.4. The molecule has 2 rings (SSSR count). The predicted octanol–water partition coefficient (Wildman–Crippen LogP) is -2.13. The number of rotatable bonds is 3. The highest BCUT2D eigenvalue weighted by atomic mass is 16.2. The topological polar surface area (TPSA) is 138 Å². The number of anilines is 1. The summed E-state index contributed by atoms with van der Waals surface area (Å²) in [6.07, 6.45) is 3.40. The molecule has 0 saturated heterocycles. The Balaban J connectivity index is 2.08. The zero-order valence-electron chi connectivity index (χ0n) is 7.95. The molecule has 0 spiro atoms. The van der Waals surface area contributed by atoms with E-state index in [4.69, 9.17) is 5.73 Å². The molecule has 0 radical (unpaired) electrons. The van der Waals surface area contributed by atoms with E-state index >= 15 is 0 Å². The summed E-state index contributed by atoms with van der Waals surface area (Å²) < 4.78 is 1.52. The number of hydrogen-bond acceptors (Lipinski definition) is 6. The lowest BCUT2D eigenvalue weighted by atomic mass is 10.7. The summed E-state index contributed by atoms with van der Waals surface area (Å²) in [6, 6.07) is 1.01. The van der Waals surface area contributed by atoms with Crippen LogP contribution in [0.15, 0.2) is 18.5 Å². The first kappa shape index (κ1) is 9.76. The average Bonchev–Trinajstić information content (AvgIpc) is 2.80. The highest BCUT2D eigenvalue weighted by Crippen LogP contribution is 1.89. The molecule has 0 atom stereocenters. The standard InChI is InChI=1S/C6H7N9O/c7-4(16)9-10-5-11-13-6(14-12-5)15-3-1-2-8-15/h1-3H,(H4,7,9,10,11,12,13,14,16)/p+1. The van der Waals surface area contributed by atoms with Gasteiger partial charge in [-0.3, -0.25) is 10.5 Å². The third-order valence-corrected chi connectivity index (χ3v) is 1.53. The van der Waals surface area contributed by atoms with Crippen LogP contribution >= 0.6 is 0 Å². The fraction of sp³-hybridized carbons (Fsp3) is 0. The van der Waals surface area contributed by atoms with Crippen LogP contribution in [0.25, 0.3) is 5.95 Å². The van der Waals surface area contributed by atoms with Crippen LogP contribution in [0.2, 0.25) is 0 Å². The number of primary amides is 1. The number of aromatic nitrogens is 6. The maximum Gasteiger partial charge on any atom is 0.500 e. The van der Waals surface area contributed by atoms with Gasteiger partial charge in [-0.25, -0.2) is 10.2 Å². The Morgan fingerprint density at radius 1 is 1.38 bits per heavy atom. The first-order valence-corrected chi connectivity index (χ1v) is 4.20. The van der Waals surface area contributed by atoms with Gasteiger partial charge in [-0.1, -0.05) is 0 Å². The Kier molecular flexibility index (Phi) is 2.54. The van der Waals surface area contributed by atoms with Crippen molar-refractivity contribution >= 4 is 12.0 Å². The van der Waals surface area contributed by atoms with Crippen molar-refractivity contribution in [2.45, 2.75) is 0 Å². The van der Waals surface area contributed by atoms with Crippen molar-refractivity contribution < 1.29 is 9.48 Å². The van der Waals surface area contributed by atoms with Crippen LogP contribution in [0.3, 0.4) is 0 Å². The Bertz CT molecular complexity index is 463. The van der Waals surface area contributed by atoms with Crippen molar-refractivity contribution in [2.75, 3.05) is 5.43 Å². The minimum Gasteiger partial charge on any atom is -0.350 e. The average molecular weight is 222 g/mol. The lowest BCUT2D eigenvalue weighted by Gasteiger charge is -1.98. The summed E-state index contributed by atoms with van der Waals surface area (Å²) in [6.45, 7) is 0. The number of nitrogens with zero attached hydrogens (tertiary/aromatic N) is 5. The molecule has 0 bridgehead atoms. The molecule has 5 N–H and O–H groups in total. The normalized spacial score (nSPS) is 9.75. The Hall–Kier alpha value is -2.78. The lowest BCUT2D eigenvalue weighted by Crippen LogP contribution is -2.37. The smallest absolute Gasteiger partial charge is 0.350 e. The summed E-state index contributed by atoms with van der Waals surface area (Å²) in [7, 11) is 0. The van der Waals surface area contributed by atoms with E-state index in [1.54, 1.807) is 18.5 Å². The quantitative estimate of drug-likeness (QED) is 0.345. The molecule has 2 amide bonds. The SMILES string of the molecule is NC(=O)NNc1nnc(-[n+]2ccc[nH]2)nn1.